The molecule has 1 amide bonds. The predicted octanol–water partition coefficient (Wildman–Crippen LogP) is 3.70. The zero-order valence-corrected chi connectivity index (χ0v) is 12.4. The maximum absolute atomic E-state index is 11.9. The number of benzene rings is 1. The van der Waals surface area contributed by atoms with Crippen LogP contribution in [0.1, 0.15) is 10.4 Å². The van der Waals surface area contributed by atoms with Gasteiger partial charge in [0.15, 0.2) is 0 Å². The number of anilines is 1. The predicted molar refractivity (Wildman–Crippen MR) is 79.0 cm³/mol. The first-order valence-corrected chi connectivity index (χ1v) is 6.71. The van der Waals surface area contributed by atoms with E-state index in [4.69, 9.17) is 0 Å². The van der Waals surface area contributed by atoms with E-state index in [-0.39, 0.29) is 5.91 Å². The number of hydrogen-bond donors (Lipinski definition) is 1. The molecule has 86 valence electrons. The molecule has 5 heteroatoms. The van der Waals surface area contributed by atoms with Crippen molar-refractivity contribution in [1.29, 1.82) is 0 Å². The van der Waals surface area contributed by atoms with Gasteiger partial charge < -0.3 is 5.32 Å². The molecule has 0 saturated heterocycles. The molecule has 2 aromatic rings. The quantitative estimate of drug-likeness (QED) is 0.614. The van der Waals surface area contributed by atoms with Crippen LogP contribution in [0.2, 0.25) is 0 Å². The first kappa shape index (κ1) is 12.5. The van der Waals surface area contributed by atoms with Crippen molar-refractivity contribution in [3.05, 3.63) is 56.3 Å². The van der Waals surface area contributed by atoms with Crippen molar-refractivity contribution in [3.63, 3.8) is 0 Å². The minimum absolute atomic E-state index is 0.144. The molecule has 0 fully saturated rings. The molecule has 1 aromatic carbocycles. The zero-order chi connectivity index (χ0) is 12.3. The first-order chi connectivity index (χ1) is 8.15. The van der Waals surface area contributed by atoms with Crippen LogP contribution in [0.3, 0.4) is 0 Å². The van der Waals surface area contributed by atoms with Crippen molar-refractivity contribution in [2.45, 2.75) is 0 Å². The molecular weight excluding hydrogens is 395 g/mol. The highest BCUT2D eigenvalue weighted by Crippen LogP contribution is 2.14. The summed E-state index contributed by atoms with van der Waals surface area (Å²) in [6.45, 7) is 0. The third-order valence-corrected chi connectivity index (χ3v) is 3.24. The van der Waals surface area contributed by atoms with Crippen molar-refractivity contribution in [3.8, 4) is 0 Å². The highest BCUT2D eigenvalue weighted by atomic mass is 127. The average molecular weight is 403 g/mol. The van der Waals surface area contributed by atoms with Gasteiger partial charge in [-0.15, -0.1) is 0 Å². The lowest BCUT2D eigenvalue weighted by Gasteiger charge is -2.05. The number of rotatable bonds is 2. The monoisotopic (exact) mass is 402 g/mol. The van der Waals surface area contributed by atoms with E-state index in [0.29, 0.717) is 10.2 Å². The van der Waals surface area contributed by atoms with Crippen LogP contribution < -0.4 is 5.32 Å². The van der Waals surface area contributed by atoms with Gasteiger partial charge in [-0.05, 0) is 74.9 Å². The Morgan fingerprint density at radius 2 is 1.94 bits per heavy atom. The molecule has 0 radical (unpaired) electrons. The topological polar surface area (TPSA) is 42.0 Å². The van der Waals surface area contributed by atoms with Crippen molar-refractivity contribution in [2.75, 3.05) is 5.32 Å². The van der Waals surface area contributed by atoms with Gasteiger partial charge in [0.2, 0.25) is 0 Å². The lowest BCUT2D eigenvalue weighted by molar-refractivity contribution is 0.102. The maximum Gasteiger partial charge on any atom is 0.255 e. The second kappa shape index (κ2) is 5.59. The van der Waals surface area contributed by atoms with Gasteiger partial charge in [-0.25, -0.2) is 4.98 Å². The fraction of sp³-hybridized carbons (Fsp3) is 0. The SMILES string of the molecule is O=C(Nc1ccc(I)cc1)c1ccnc(Br)c1. The molecule has 17 heavy (non-hydrogen) atoms. The lowest BCUT2D eigenvalue weighted by Crippen LogP contribution is -2.11. The average Bonchev–Trinajstić information content (AvgIpc) is 2.32. The number of nitrogens with one attached hydrogen (secondary N) is 1. The Hall–Kier alpha value is -0.950. The zero-order valence-electron chi connectivity index (χ0n) is 8.65. The minimum Gasteiger partial charge on any atom is -0.322 e. The normalized spacial score (nSPS) is 10.0. The molecule has 1 heterocycles. The molecule has 1 aromatic heterocycles. The second-order valence-corrected chi connectivity index (χ2v) is 5.39. The van der Waals surface area contributed by atoms with Gasteiger partial charge in [0.05, 0.1) is 0 Å². The van der Waals surface area contributed by atoms with E-state index in [0.717, 1.165) is 9.26 Å². The number of carbonyl (C=O) groups is 1. The van der Waals surface area contributed by atoms with Gasteiger partial charge in [0.1, 0.15) is 4.60 Å². The van der Waals surface area contributed by atoms with E-state index < -0.39 is 0 Å². The molecule has 0 saturated carbocycles. The van der Waals surface area contributed by atoms with Crippen molar-refractivity contribution < 1.29 is 4.79 Å². The summed E-state index contributed by atoms with van der Waals surface area (Å²) in [7, 11) is 0. The number of aromatic nitrogens is 1. The maximum atomic E-state index is 11.9. The molecule has 0 unspecified atom stereocenters. The summed E-state index contributed by atoms with van der Waals surface area (Å²) in [5.41, 5.74) is 1.36. The summed E-state index contributed by atoms with van der Waals surface area (Å²) in [4.78, 5) is 15.9. The molecule has 0 aliphatic carbocycles. The first-order valence-electron chi connectivity index (χ1n) is 4.83. The molecule has 1 N–H and O–H groups in total. The summed E-state index contributed by atoms with van der Waals surface area (Å²) in [5.74, 6) is -0.144. The van der Waals surface area contributed by atoms with E-state index in [9.17, 15) is 4.79 Å². The van der Waals surface area contributed by atoms with E-state index in [2.05, 4.69) is 48.8 Å². The summed E-state index contributed by atoms with van der Waals surface area (Å²) >= 11 is 5.45. The largest absolute Gasteiger partial charge is 0.322 e. The van der Waals surface area contributed by atoms with Crippen LogP contribution in [-0.2, 0) is 0 Å². The third kappa shape index (κ3) is 3.50. The Balaban J connectivity index is 2.14. The Labute approximate surface area is 121 Å². The van der Waals surface area contributed by atoms with Crippen LogP contribution in [0, 0.1) is 3.57 Å². The smallest absolute Gasteiger partial charge is 0.255 e. The van der Waals surface area contributed by atoms with E-state index >= 15 is 0 Å². The highest BCUT2D eigenvalue weighted by molar-refractivity contribution is 14.1. The van der Waals surface area contributed by atoms with Crippen LogP contribution in [0.25, 0.3) is 0 Å². The van der Waals surface area contributed by atoms with E-state index in [1.165, 1.54) is 0 Å². The number of amides is 1. The van der Waals surface area contributed by atoms with Gasteiger partial charge in [-0.3, -0.25) is 4.79 Å². The molecule has 3 nitrogen and oxygen atoms in total. The van der Waals surface area contributed by atoms with Gasteiger partial charge in [0, 0.05) is 21.0 Å². The molecule has 0 aliphatic rings. The molecule has 2 rings (SSSR count). The summed E-state index contributed by atoms with van der Waals surface area (Å²) in [6.07, 6.45) is 1.59. The molecule has 0 atom stereocenters. The fourth-order valence-electron chi connectivity index (χ4n) is 1.28. The van der Waals surface area contributed by atoms with Crippen molar-refractivity contribution >= 4 is 50.1 Å². The number of nitrogens with zero attached hydrogens (tertiary/aromatic N) is 1. The highest BCUT2D eigenvalue weighted by Gasteiger charge is 2.06. The number of halogens is 2. The standard InChI is InChI=1S/C12H8BrIN2O/c13-11-7-8(5-6-15-11)12(17)16-10-3-1-9(14)2-4-10/h1-7H,(H,16,17). The Kier molecular flexibility index (Phi) is 4.11. The molecule has 0 spiro atoms. The van der Waals surface area contributed by atoms with E-state index in [1.54, 1.807) is 18.3 Å². The lowest BCUT2D eigenvalue weighted by atomic mass is 10.2. The van der Waals surface area contributed by atoms with Gasteiger partial charge in [0.25, 0.3) is 5.91 Å². The third-order valence-electron chi connectivity index (χ3n) is 2.09. The second-order valence-electron chi connectivity index (χ2n) is 3.33. The van der Waals surface area contributed by atoms with Crippen LogP contribution in [0.4, 0.5) is 5.69 Å². The summed E-state index contributed by atoms with van der Waals surface area (Å²) in [6, 6.07) is 11.0. The van der Waals surface area contributed by atoms with Crippen LogP contribution in [-0.4, -0.2) is 10.9 Å². The summed E-state index contributed by atoms with van der Waals surface area (Å²) < 4.78 is 1.78. The molecule has 0 aliphatic heterocycles. The molecular formula is C12H8BrIN2O. The van der Waals surface area contributed by atoms with Crippen LogP contribution in [0.15, 0.2) is 47.2 Å². The Morgan fingerprint density at radius 1 is 1.24 bits per heavy atom. The Morgan fingerprint density at radius 3 is 2.59 bits per heavy atom. The Bertz CT molecular complexity index is 542. The minimum atomic E-state index is -0.144. The van der Waals surface area contributed by atoms with Crippen LogP contribution in [0.5, 0.6) is 0 Å². The van der Waals surface area contributed by atoms with Gasteiger partial charge in [-0.1, -0.05) is 0 Å². The van der Waals surface area contributed by atoms with Crippen LogP contribution >= 0.6 is 38.5 Å². The van der Waals surface area contributed by atoms with Crippen molar-refractivity contribution in [1.82, 2.24) is 4.98 Å². The fourth-order valence-corrected chi connectivity index (χ4v) is 2.00. The van der Waals surface area contributed by atoms with Gasteiger partial charge in [-0.2, -0.15) is 0 Å². The van der Waals surface area contributed by atoms with Crippen molar-refractivity contribution in [2.24, 2.45) is 0 Å². The number of pyridine rings is 1. The van der Waals surface area contributed by atoms with Gasteiger partial charge >= 0.3 is 0 Å². The summed E-state index contributed by atoms with van der Waals surface area (Å²) in [5, 5.41) is 2.82. The van der Waals surface area contributed by atoms with E-state index in [1.807, 2.05) is 24.3 Å². The number of carbonyl (C=O) groups excluding carboxylic acids is 1. The number of hydrogen-bond acceptors (Lipinski definition) is 2. The molecule has 0 bridgehead atoms.